The minimum atomic E-state index is -3.69. The van der Waals surface area contributed by atoms with Crippen LogP contribution in [0.25, 0.3) is 0 Å². The van der Waals surface area contributed by atoms with Crippen LogP contribution in [0.1, 0.15) is 30.9 Å². The molecular formula is C13H23NO5S. The summed E-state index contributed by atoms with van der Waals surface area (Å²) in [7, 11) is -2.20. The van der Waals surface area contributed by atoms with Gasteiger partial charge in [-0.15, -0.1) is 0 Å². The molecule has 1 heterocycles. The van der Waals surface area contributed by atoms with Crippen LogP contribution in [-0.2, 0) is 21.4 Å². The molecule has 6 nitrogen and oxygen atoms in total. The average molecular weight is 305 g/mol. The SMILES string of the molecule is Cc1oc(C)c(S(=O)(=O)N(C)CCOC(C)C)c1CO. The summed E-state index contributed by atoms with van der Waals surface area (Å²) in [5.41, 5.74) is 0.319. The van der Waals surface area contributed by atoms with Crippen molar-refractivity contribution in [1.82, 2.24) is 4.31 Å². The molecule has 0 aliphatic heterocycles. The standard InChI is InChI=1S/C13H23NO5S/c1-9(2)18-7-6-14(5)20(16,17)13-11(4)19-10(3)12(13)8-15/h9,15H,6-8H2,1-5H3. The van der Waals surface area contributed by atoms with Crippen molar-refractivity contribution in [2.45, 2.75) is 45.3 Å². The molecular weight excluding hydrogens is 282 g/mol. The van der Waals surface area contributed by atoms with E-state index < -0.39 is 10.0 Å². The van der Waals surface area contributed by atoms with Gasteiger partial charge in [-0.25, -0.2) is 8.42 Å². The van der Waals surface area contributed by atoms with Crippen molar-refractivity contribution in [3.8, 4) is 0 Å². The van der Waals surface area contributed by atoms with E-state index in [4.69, 9.17) is 9.15 Å². The molecule has 7 heteroatoms. The Labute approximate surface area is 120 Å². The zero-order valence-electron chi connectivity index (χ0n) is 12.6. The normalized spacial score (nSPS) is 12.6. The minimum absolute atomic E-state index is 0.0528. The molecule has 0 aliphatic rings. The Bertz CT molecular complexity index is 547. The lowest BCUT2D eigenvalue weighted by Gasteiger charge is -2.18. The first-order valence-corrected chi connectivity index (χ1v) is 7.93. The van der Waals surface area contributed by atoms with E-state index in [2.05, 4.69) is 0 Å². The van der Waals surface area contributed by atoms with Crippen LogP contribution < -0.4 is 0 Å². The van der Waals surface area contributed by atoms with E-state index in [1.807, 2.05) is 13.8 Å². The quantitative estimate of drug-likeness (QED) is 0.824. The van der Waals surface area contributed by atoms with E-state index in [1.54, 1.807) is 13.8 Å². The predicted molar refractivity (Wildman–Crippen MR) is 75.0 cm³/mol. The number of aliphatic hydroxyl groups is 1. The molecule has 0 saturated carbocycles. The number of sulfonamides is 1. The summed E-state index contributed by atoms with van der Waals surface area (Å²) in [5, 5.41) is 9.34. The van der Waals surface area contributed by atoms with Crippen molar-refractivity contribution in [3.05, 3.63) is 17.1 Å². The maximum atomic E-state index is 12.5. The van der Waals surface area contributed by atoms with Crippen LogP contribution in [0.3, 0.4) is 0 Å². The molecule has 0 unspecified atom stereocenters. The zero-order valence-corrected chi connectivity index (χ0v) is 13.5. The Kier molecular flexibility index (Phi) is 5.76. The van der Waals surface area contributed by atoms with E-state index in [1.165, 1.54) is 11.4 Å². The van der Waals surface area contributed by atoms with Gasteiger partial charge in [0.25, 0.3) is 0 Å². The summed E-state index contributed by atoms with van der Waals surface area (Å²) in [6, 6.07) is 0. The number of hydrogen-bond donors (Lipinski definition) is 1. The molecule has 0 aliphatic carbocycles. The molecule has 1 N–H and O–H groups in total. The third kappa shape index (κ3) is 3.60. The van der Waals surface area contributed by atoms with Crippen molar-refractivity contribution in [3.63, 3.8) is 0 Å². The third-order valence-corrected chi connectivity index (χ3v) is 5.06. The molecule has 0 atom stereocenters. The summed E-state index contributed by atoms with van der Waals surface area (Å²) < 4.78 is 36.9. The topological polar surface area (TPSA) is 80.0 Å². The number of ether oxygens (including phenoxy) is 1. The number of aryl methyl sites for hydroxylation is 2. The first kappa shape index (κ1) is 17.2. The maximum Gasteiger partial charge on any atom is 0.246 e. The largest absolute Gasteiger partial charge is 0.465 e. The molecule has 0 amide bonds. The summed E-state index contributed by atoms with van der Waals surface area (Å²) in [4.78, 5) is 0.0598. The Morgan fingerprint density at radius 2 is 1.90 bits per heavy atom. The Hall–Kier alpha value is -0.890. The Balaban J connectivity index is 2.99. The fraction of sp³-hybridized carbons (Fsp3) is 0.692. The fourth-order valence-electron chi connectivity index (χ4n) is 1.92. The molecule has 0 aromatic carbocycles. The van der Waals surface area contributed by atoms with Gasteiger partial charge in [0.15, 0.2) is 0 Å². The predicted octanol–water partition coefficient (Wildman–Crippen LogP) is 1.43. The summed E-state index contributed by atoms with van der Waals surface area (Å²) in [6.07, 6.45) is 0.0528. The van der Waals surface area contributed by atoms with Crippen LogP contribution in [0.4, 0.5) is 0 Å². The van der Waals surface area contributed by atoms with E-state index in [0.29, 0.717) is 23.7 Å². The van der Waals surface area contributed by atoms with Crippen molar-refractivity contribution in [1.29, 1.82) is 0 Å². The van der Waals surface area contributed by atoms with Crippen molar-refractivity contribution >= 4 is 10.0 Å². The van der Waals surface area contributed by atoms with E-state index in [-0.39, 0.29) is 24.2 Å². The van der Waals surface area contributed by atoms with E-state index in [0.717, 1.165) is 0 Å². The highest BCUT2D eigenvalue weighted by Gasteiger charge is 2.30. The third-order valence-electron chi connectivity index (χ3n) is 3.01. The number of nitrogens with zero attached hydrogens (tertiary/aromatic N) is 1. The van der Waals surface area contributed by atoms with Crippen LogP contribution in [0.5, 0.6) is 0 Å². The number of aliphatic hydroxyl groups excluding tert-OH is 1. The molecule has 20 heavy (non-hydrogen) atoms. The van der Waals surface area contributed by atoms with Crippen LogP contribution in [0.2, 0.25) is 0 Å². The molecule has 1 aromatic rings. The van der Waals surface area contributed by atoms with Gasteiger partial charge in [0.2, 0.25) is 10.0 Å². The van der Waals surface area contributed by atoms with E-state index in [9.17, 15) is 13.5 Å². The van der Waals surface area contributed by atoms with Gasteiger partial charge in [-0.1, -0.05) is 0 Å². The number of rotatable bonds is 7. The maximum absolute atomic E-state index is 12.5. The smallest absolute Gasteiger partial charge is 0.246 e. The molecule has 0 radical (unpaired) electrons. The first-order valence-electron chi connectivity index (χ1n) is 6.49. The van der Waals surface area contributed by atoms with E-state index >= 15 is 0 Å². The van der Waals surface area contributed by atoms with Gasteiger partial charge in [0, 0.05) is 19.2 Å². The van der Waals surface area contributed by atoms with Crippen LogP contribution >= 0.6 is 0 Å². The Morgan fingerprint density at radius 3 is 2.40 bits per heavy atom. The lowest BCUT2D eigenvalue weighted by atomic mass is 10.2. The van der Waals surface area contributed by atoms with Gasteiger partial charge < -0.3 is 14.3 Å². The van der Waals surface area contributed by atoms with Crippen molar-refractivity contribution < 1.29 is 22.7 Å². The molecule has 1 aromatic heterocycles. The number of furan rings is 1. The van der Waals surface area contributed by atoms with Crippen molar-refractivity contribution in [2.24, 2.45) is 0 Å². The highest BCUT2D eigenvalue weighted by atomic mass is 32.2. The molecule has 0 saturated heterocycles. The van der Waals surface area contributed by atoms with Gasteiger partial charge in [0.1, 0.15) is 16.4 Å². The lowest BCUT2D eigenvalue weighted by Crippen LogP contribution is -2.31. The Morgan fingerprint density at radius 1 is 1.30 bits per heavy atom. The fourth-order valence-corrected chi connectivity index (χ4v) is 3.47. The number of hydrogen-bond acceptors (Lipinski definition) is 5. The first-order chi connectivity index (χ1) is 9.21. The molecule has 1 rings (SSSR count). The molecule has 0 spiro atoms. The highest BCUT2D eigenvalue weighted by Crippen LogP contribution is 2.28. The van der Waals surface area contributed by atoms with Gasteiger partial charge in [-0.2, -0.15) is 4.31 Å². The summed E-state index contributed by atoms with van der Waals surface area (Å²) >= 11 is 0. The average Bonchev–Trinajstić information content (AvgIpc) is 2.63. The monoisotopic (exact) mass is 305 g/mol. The molecule has 0 fully saturated rings. The van der Waals surface area contributed by atoms with Gasteiger partial charge in [-0.05, 0) is 27.7 Å². The van der Waals surface area contributed by atoms with Gasteiger partial charge >= 0.3 is 0 Å². The zero-order chi connectivity index (χ0) is 15.5. The minimum Gasteiger partial charge on any atom is -0.465 e. The van der Waals surface area contributed by atoms with Gasteiger partial charge in [0.05, 0.1) is 19.3 Å². The number of likely N-dealkylation sites (N-methyl/N-ethyl adjacent to an activating group) is 1. The summed E-state index contributed by atoms with van der Waals surface area (Å²) in [6.45, 7) is 7.20. The second-order valence-electron chi connectivity index (χ2n) is 4.93. The van der Waals surface area contributed by atoms with Crippen LogP contribution in [-0.4, -0.2) is 44.1 Å². The van der Waals surface area contributed by atoms with Crippen LogP contribution in [0, 0.1) is 13.8 Å². The molecule has 0 bridgehead atoms. The second-order valence-corrected chi connectivity index (χ2v) is 6.91. The summed E-state index contributed by atoms with van der Waals surface area (Å²) in [5.74, 6) is 0.721. The molecule has 116 valence electrons. The highest BCUT2D eigenvalue weighted by molar-refractivity contribution is 7.89. The lowest BCUT2D eigenvalue weighted by molar-refractivity contribution is 0.0737. The second kappa shape index (κ2) is 6.71. The van der Waals surface area contributed by atoms with Crippen LogP contribution in [0.15, 0.2) is 9.31 Å². The van der Waals surface area contributed by atoms with Gasteiger partial charge in [-0.3, -0.25) is 0 Å². The van der Waals surface area contributed by atoms with Crippen molar-refractivity contribution in [2.75, 3.05) is 20.2 Å².